The van der Waals surface area contributed by atoms with E-state index in [0.29, 0.717) is 0 Å². The number of rotatable bonds is 2. The number of nitrogens with zero attached hydrogens (tertiary/aromatic N) is 1. The largest absolute Gasteiger partial charge is 0.467 e. The zero-order valence-corrected chi connectivity index (χ0v) is 10.8. The Kier molecular flexibility index (Phi) is 2.77. The van der Waals surface area contributed by atoms with Gasteiger partial charge in [0.15, 0.2) is 6.04 Å². The summed E-state index contributed by atoms with van der Waals surface area (Å²) in [6.07, 6.45) is 5.95. The Morgan fingerprint density at radius 1 is 1.22 bits per heavy atom. The number of para-hydroxylation sites is 1. The van der Waals surface area contributed by atoms with Crippen LogP contribution in [-0.4, -0.2) is 24.7 Å². The van der Waals surface area contributed by atoms with Crippen molar-refractivity contribution in [2.45, 2.75) is 43.7 Å². The van der Waals surface area contributed by atoms with Gasteiger partial charge in [0.05, 0.1) is 12.6 Å². The highest BCUT2D eigenvalue weighted by atomic mass is 16.5. The van der Waals surface area contributed by atoms with E-state index in [4.69, 9.17) is 4.74 Å². The molecule has 96 valence electrons. The van der Waals surface area contributed by atoms with Gasteiger partial charge in [0.25, 0.3) is 0 Å². The quantitative estimate of drug-likeness (QED) is 0.592. The minimum absolute atomic E-state index is 0.0483. The molecule has 1 aromatic rings. The molecule has 2 aliphatic rings. The van der Waals surface area contributed by atoms with Crippen LogP contribution in [0.4, 0.5) is 5.69 Å². The van der Waals surface area contributed by atoms with E-state index in [9.17, 15) is 4.79 Å². The van der Waals surface area contributed by atoms with Gasteiger partial charge in [-0.15, -0.1) is 0 Å². The summed E-state index contributed by atoms with van der Waals surface area (Å²) in [6, 6.07) is 10.2. The molecule has 3 nitrogen and oxygen atoms in total. The first-order valence-electron chi connectivity index (χ1n) is 6.72. The summed E-state index contributed by atoms with van der Waals surface area (Å²) in [5.41, 5.74) is 1.20. The second-order valence-electron chi connectivity index (χ2n) is 5.30. The van der Waals surface area contributed by atoms with Crippen LogP contribution in [0.15, 0.2) is 30.3 Å². The Labute approximate surface area is 108 Å². The third-order valence-corrected chi connectivity index (χ3v) is 4.36. The Morgan fingerprint density at radius 2 is 1.89 bits per heavy atom. The maximum Gasteiger partial charge on any atom is 0.330 e. The van der Waals surface area contributed by atoms with E-state index in [1.807, 2.05) is 18.2 Å². The number of ether oxygens (including phenoxy) is 1. The van der Waals surface area contributed by atoms with Crippen molar-refractivity contribution in [1.82, 2.24) is 0 Å². The predicted octanol–water partition coefficient (Wildman–Crippen LogP) is 2.75. The first kappa shape index (κ1) is 11.6. The van der Waals surface area contributed by atoms with Crippen molar-refractivity contribution in [3.8, 4) is 0 Å². The van der Waals surface area contributed by atoms with Crippen molar-refractivity contribution < 1.29 is 9.53 Å². The molecular weight excluding hydrogens is 226 g/mol. The van der Waals surface area contributed by atoms with E-state index in [1.165, 1.54) is 26.4 Å². The number of hydrogen-bond acceptors (Lipinski definition) is 3. The second-order valence-corrected chi connectivity index (χ2v) is 5.30. The first-order valence-corrected chi connectivity index (χ1v) is 6.72. The van der Waals surface area contributed by atoms with Gasteiger partial charge >= 0.3 is 5.97 Å². The van der Waals surface area contributed by atoms with Crippen molar-refractivity contribution in [2.24, 2.45) is 0 Å². The van der Waals surface area contributed by atoms with Crippen molar-refractivity contribution in [3.05, 3.63) is 30.3 Å². The van der Waals surface area contributed by atoms with Crippen molar-refractivity contribution >= 4 is 11.7 Å². The Balaban J connectivity index is 1.90. The smallest absolute Gasteiger partial charge is 0.330 e. The maximum atomic E-state index is 12.0. The molecule has 1 heterocycles. The minimum atomic E-state index is -0.0826. The molecule has 3 heteroatoms. The second kappa shape index (κ2) is 4.30. The number of carbonyl (C=O) groups is 1. The highest BCUT2D eigenvalue weighted by Gasteiger charge is 2.66. The van der Waals surface area contributed by atoms with Crippen molar-refractivity contribution in [3.63, 3.8) is 0 Å². The van der Waals surface area contributed by atoms with Gasteiger partial charge in [-0.2, -0.15) is 0 Å². The van der Waals surface area contributed by atoms with Gasteiger partial charge in [0.2, 0.25) is 0 Å². The molecule has 0 radical (unpaired) electrons. The Bertz CT molecular complexity index is 437. The number of benzene rings is 1. The average Bonchev–Trinajstić information content (AvgIpc) is 3.07. The number of methoxy groups -OCH3 is 1. The fourth-order valence-corrected chi connectivity index (χ4v) is 3.48. The molecule has 1 aromatic carbocycles. The minimum Gasteiger partial charge on any atom is -0.467 e. The fraction of sp³-hybridized carbons (Fsp3) is 0.533. The third-order valence-electron chi connectivity index (χ3n) is 4.36. The summed E-state index contributed by atoms with van der Waals surface area (Å²) in [7, 11) is 1.49. The number of hydrogen-bond donors (Lipinski definition) is 0. The molecule has 0 amide bonds. The standard InChI is InChI=1S/C15H19NO2/c1-18-14(17)13-15(10-6-3-7-11-15)16(13)12-8-4-2-5-9-12/h2,4-5,8-9,13H,3,6-7,10-11H2,1H3. The molecule has 1 atom stereocenters. The van der Waals surface area contributed by atoms with E-state index in [2.05, 4.69) is 17.0 Å². The lowest BCUT2D eigenvalue weighted by Gasteiger charge is -2.22. The zero-order valence-electron chi connectivity index (χ0n) is 10.8. The van der Waals surface area contributed by atoms with Crippen molar-refractivity contribution in [1.29, 1.82) is 0 Å². The van der Waals surface area contributed by atoms with Gasteiger partial charge in [0, 0.05) is 5.69 Å². The Morgan fingerprint density at radius 3 is 2.50 bits per heavy atom. The van der Waals surface area contributed by atoms with Gasteiger partial charge < -0.3 is 9.64 Å². The number of anilines is 1. The highest BCUT2D eigenvalue weighted by Crippen LogP contribution is 2.54. The Hall–Kier alpha value is -1.51. The van der Waals surface area contributed by atoms with E-state index >= 15 is 0 Å². The van der Waals surface area contributed by atoms with Crippen LogP contribution in [0.25, 0.3) is 0 Å². The van der Waals surface area contributed by atoms with Gasteiger partial charge in [-0.1, -0.05) is 37.5 Å². The summed E-state index contributed by atoms with van der Waals surface area (Å²) < 4.78 is 4.97. The summed E-state index contributed by atoms with van der Waals surface area (Å²) in [6.45, 7) is 0. The van der Waals surface area contributed by atoms with E-state index in [1.54, 1.807) is 0 Å². The monoisotopic (exact) mass is 245 g/mol. The first-order chi connectivity index (χ1) is 8.79. The number of carbonyl (C=O) groups excluding carboxylic acids is 1. The molecule has 1 saturated heterocycles. The lowest BCUT2D eigenvalue weighted by molar-refractivity contribution is -0.140. The summed E-state index contributed by atoms with van der Waals surface area (Å²) >= 11 is 0. The molecule has 1 spiro atoms. The predicted molar refractivity (Wildman–Crippen MR) is 70.5 cm³/mol. The van der Waals surface area contributed by atoms with Gasteiger partial charge in [-0.25, -0.2) is 4.79 Å². The van der Waals surface area contributed by atoms with Crippen LogP contribution in [0.5, 0.6) is 0 Å². The van der Waals surface area contributed by atoms with Crippen LogP contribution >= 0.6 is 0 Å². The lowest BCUT2D eigenvalue weighted by Crippen LogP contribution is -2.25. The van der Waals surface area contributed by atoms with Crippen LogP contribution in [0.3, 0.4) is 0 Å². The van der Waals surface area contributed by atoms with Crippen LogP contribution in [0.2, 0.25) is 0 Å². The topological polar surface area (TPSA) is 29.3 Å². The van der Waals surface area contributed by atoms with Crippen LogP contribution in [-0.2, 0) is 9.53 Å². The third kappa shape index (κ3) is 1.61. The zero-order chi connectivity index (χ0) is 12.6. The summed E-state index contributed by atoms with van der Waals surface area (Å²) in [4.78, 5) is 14.2. The van der Waals surface area contributed by atoms with E-state index < -0.39 is 0 Å². The molecule has 1 aliphatic carbocycles. The SMILES string of the molecule is COC(=O)C1N(c2ccccc2)C12CCCCC2. The molecule has 1 saturated carbocycles. The molecular formula is C15H19NO2. The molecule has 0 bridgehead atoms. The van der Waals surface area contributed by atoms with Crippen LogP contribution in [0, 0.1) is 0 Å². The van der Waals surface area contributed by atoms with Gasteiger partial charge in [0.1, 0.15) is 0 Å². The average molecular weight is 245 g/mol. The molecule has 0 N–H and O–H groups in total. The van der Waals surface area contributed by atoms with E-state index in [-0.39, 0.29) is 17.6 Å². The molecule has 1 unspecified atom stereocenters. The molecule has 3 rings (SSSR count). The van der Waals surface area contributed by atoms with Crippen molar-refractivity contribution in [2.75, 3.05) is 12.0 Å². The summed E-state index contributed by atoms with van der Waals surface area (Å²) in [5, 5.41) is 0. The molecule has 2 fully saturated rings. The van der Waals surface area contributed by atoms with Gasteiger partial charge in [-0.05, 0) is 25.0 Å². The van der Waals surface area contributed by atoms with Crippen LogP contribution < -0.4 is 4.90 Å². The van der Waals surface area contributed by atoms with E-state index in [0.717, 1.165) is 18.5 Å². The lowest BCUT2D eigenvalue weighted by atomic mass is 9.86. The fourth-order valence-electron chi connectivity index (χ4n) is 3.48. The normalized spacial score (nSPS) is 24.9. The van der Waals surface area contributed by atoms with Crippen LogP contribution in [0.1, 0.15) is 32.1 Å². The molecule has 1 aliphatic heterocycles. The number of esters is 1. The highest BCUT2D eigenvalue weighted by molar-refractivity contribution is 5.90. The summed E-state index contributed by atoms with van der Waals surface area (Å²) in [5.74, 6) is -0.0826. The molecule has 0 aromatic heterocycles. The molecule has 18 heavy (non-hydrogen) atoms. The maximum absolute atomic E-state index is 12.0. The van der Waals surface area contributed by atoms with Gasteiger partial charge in [-0.3, -0.25) is 0 Å².